The molecule has 112 valence electrons. The fourth-order valence-corrected chi connectivity index (χ4v) is 2.88. The Morgan fingerprint density at radius 1 is 1.50 bits per heavy atom. The second kappa shape index (κ2) is 6.33. The maximum absolute atomic E-state index is 13.5. The van der Waals surface area contributed by atoms with Crippen LogP contribution in [0.4, 0.5) is 4.39 Å². The van der Waals surface area contributed by atoms with Gasteiger partial charge in [0.25, 0.3) is 0 Å². The van der Waals surface area contributed by atoms with Crippen molar-refractivity contribution < 1.29 is 13.6 Å². The Bertz CT molecular complexity index is 489. The number of hydrogen-bond donors (Lipinski definition) is 0. The molecule has 0 saturated carbocycles. The van der Waals surface area contributed by atoms with Crippen LogP contribution in [0.5, 0.6) is 0 Å². The van der Waals surface area contributed by atoms with Crippen LogP contribution in [0.3, 0.4) is 0 Å². The summed E-state index contributed by atoms with van der Waals surface area (Å²) in [5.41, 5.74) is 0.545. The Labute approximate surface area is 125 Å². The highest BCUT2D eigenvalue weighted by Gasteiger charge is 2.39. The lowest BCUT2D eigenvalue weighted by molar-refractivity contribution is -0.109. The van der Waals surface area contributed by atoms with E-state index in [1.165, 1.54) is 12.3 Å². The van der Waals surface area contributed by atoms with Crippen molar-refractivity contribution in [1.82, 2.24) is 4.98 Å². The minimum absolute atomic E-state index is 0.00648. The first-order valence-corrected chi connectivity index (χ1v) is 9.79. The first kappa shape index (κ1) is 17.3. The molecule has 3 nitrogen and oxygen atoms in total. The molecule has 1 unspecified atom stereocenters. The highest BCUT2D eigenvalue weighted by atomic mass is 35.5. The third-order valence-electron chi connectivity index (χ3n) is 3.74. The highest BCUT2D eigenvalue weighted by Crippen LogP contribution is 2.40. The number of rotatable bonds is 5. The number of halogens is 2. The normalized spacial score (nSPS) is 14.2. The number of carbonyl (C=O) groups is 1. The lowest BCUT2D eigenvalue weighted by Crippen LogP contribution is -2.42. The molecule has 0 bridgehead atoms. The average molecular weight is 318 g/mol. The van der Waals surface area contributed by atoms with Gasteiger partial charge in [0.1, 0.15) is 6.29 Å². The summed E-state index contributed by atoms with van der Waals surface area (Å²) in [6, 6.07) is 1.29. The summed E-state index contributed by atoms with van der Waals surface area (Å²) in [6.45, 7) is 10.5. The van der Waals surface area contributed by atoms with Gasteiger partial charge in [0, 0.05) is 18.2 Å². The Morgan fingerprint density at radius 2 is 2.10 bits per heavy atom. The van der Waals surface area contributed by atoms with Crippen LogP contribution in [0.25, 0.3) is 0 Å². The van der Waals surface area contributed by atoms with Gasteiger partial charge in [-0.1, -0.05) is 32.4 Å². The van der Waals surface area contributed by atoms with Crippen molar-refractivity contribution in [3.63, 3.8) is 0 Å². The zero-order valence-corrected chi connectivity index (χ0v) is 14.3. The van der Waals surface area contributed by atoms with Crippen molar-refractivity contribution in [3.05, 3.63) is 28.8 Å². The number of carbonyl (C=O) groups excluding carboxylic acids is 1. The number of nitrogens with zero attached hydrogens (tertiary/aromatic N) is 1. The Balaban J connectivity index is 3.06. The zero-order valence-electron chi connectivity index (χ0n) is 12.5. The van der Waals surface area contributed by atoms with Gasteiger partial charge in [-0.3, -0.25) is 0 Å². The molecule has 1 aromatic heterocycles. The number of hydrogen-bond acceptors (Lipinski definition) is 3. The van der Waals surface area contributed by atoms with E-state index in [1.807, 2.05) is 0 Å². The van der Waals surface area contributed by atoms with Crippen LogP contribution in [-0.4, -0.2) is 19.6 Å². The minimum atomic E-state index is -2.06. The SMILES string of the molecule is CC(C)(C)[Si](C)(C)OC(CC=O)c1cnc(Cl)c(F)c1. The molecule has 6 heteroatoms. The van der Waals surface area contributed by atoms with Crippen LogP contribution in [0.1, 0.15) is 38.9 Å². The summed E-state index contributed by atoms with van der Waals surface area (Å²) in [4.78, 5) is 14.7. The molecular formula is C14H21ClFNO2Si. The first-order chi connectivity index (χ1) is 9.08. The molecule has 0 amide bonds. The van der Waals surface area contributed by atoms with E-state index >= 15 is 0 Å². The van der Waals surface area contributed by atoms with Gasteiger partial charge >= 0.3 is 0 Å². The van der Waals surface area contributed by atoms with E-state index in [4.69, 9.17) is 16.0 Å². The second-order valence-corrected chi connectivity index (χ2v) is 11.4. The van der Waals surface area contributed by atoms with Gasteiger partial charge in [-0.25, -0.2) is 9.37 Å². The summed E-state index contributed by atoms with van der Waals surface area (Å²) in [5, 5.41) is -0.169. The van der Waals surface area contributed by atoms with Crippen molar-refractivity contribution in [2.45, 2.75) is 51.4 Å². The third kappa shape index (κ3) is 4.10. The molecule has 0 saturated heterocycles. The standard InChI is InChI=1S/C14H21ClFNO2Si/c1-14(2,3)20(4,5)19-12(6-7-18)10-8-11(16)13(15)17-9-10/h7-9,12H,6H2,1-5H3. The molecule has 0 aliphatic heterocycles. The van der Waals surface area contributed by atoms with Gasteiger partial charge in [0.05, 0.1) is 6.10 Å². The van der Waals surface area contributed by atoms with Crippen LogP contribution in [0.2, 0.25) is 23.3 Å². The quantitative estimate of drug-likeness (QED) is 0.455. The molecule has 1 heterocycles. The largest absolute Gasteiger partial charge is 0.409 e. The van der Waals surface area contributed by atoms with Crippen molar-refractivity contribution in [3.8, 4) is 0 Å². The molecule has 1 aromatic rings. The van der Waals surface area contributed by atoms with E-state index in [9.17, 15) is 9.18 Å². The van der Waals surface area contributed by atoms with E-state index in [0.29, 0.717) is 5.56 Å². The summed E-state index contributed by atoms with van der Waals surface area (Å²) < 4.78 is 19.7. The van der Waals surface area contributed by atoms with E-state index in [2.05, 4.69) is 38.8 Å². The summed E-state index contributed by atoms with van der Waals surface area (Å²) >= 11 is 5.58. The Kier molecular flexibility index (Phi) is 5.46. The van der Waals surface area contributed by atoms with Gasteiger partial charge in [-0.2, -0.15) is 0 Å². The monoisotopic (exact) mass is 317 g/mol. The summed E-state index contributed by atoms with van der Waals surface area (Å²) in [6.07, 6.45) is 1.94. The molecular weight excluding hydrogens is 297 g/mol. The topological polar surface area (TPSA) is 39.2 Å². The minimum Gasteiger partial charge on any atom is -0.409 e. The third-order valence-corrected chi connectivity index (χ3v) is 8.51. The van der Waals surface area contributed by atoms with Crippen molar-refractivity contribution in [2.75, 3.05) is 0 Å². The molecule has 0 N–H and O–H groups in total. The molecule has 0 aliphatic rings. The predicted octanol–water partition coefficient (Wildman–Crippen LogP) is 4.53. The Morgan fingerprint density at radius 3 is 2.55 bits per heavy atom. The zero-order chi connectivity index (χ0) is 15.6. The maximum Gasteiger partial charge on any atom is 0.192 e. The molecule has 0 aliphatic carbocycles. The van der Waals surface area contributed by atoms with Gasteiger partial charge in [-0.15, -0.1) is 0 Å². The molecule has 1 rings (SSSR count). The van der Waals surface area contributed by atoms with E-state index in [0.717, 1.165) is 6.29 Å². The first-order valence-electron chi connectivity index (χ1n) is 6.51. The van der Waals surface area contributed by atoms with Crippen molar-refractivity contribution in [1.29, 1.82) is 0 Å². The fraction of sp³-hybridized carbons (Fsp3) is 0.571. The van der Waals surface area contributed by atoms with Crippen LogP contribution in [-0.2, 0) is 9.22 Å². The van der Waals surface area contributed by atoms with Crippen LogP contribution in [0, 0.1) is 5.82 Å². The van der Waals surface area contributed by atoms with E-state index in [1.54, 1.807) is 0 Å². The fourth-order valence-electron chi connectivity index (χ4n) is 1.48. The number of aldehydes is 1. The molecule has 0 spiro atoms. The van der Waals surface area contributed by atoms with Crippen molar-refractivity contribution >= 4 is 26.2 Å². The average Bonchev–Trinajstić information content (AvgIpc) is 2.30. The molecule has 20 heavy (non-hydrogen) atoms. The van der Waals surface area contributed by atoms with Crippen molar-refractivity contribution in [2.24, 2.45) is 0 Å². The van der Waals surface area contributed by atoms with Crippen LogP contribution in [0.15, 0.2) is 12.3 Å². The van der Waals surface area contributed by atoms with Gasteiger partial charge in [0.2, 0.25) is 0 Å². The lowest BCUT2D eigenvalue weighted by Gasteiger charge is -2.39. The van der Waals surface area contributed by atoms with E-state index in [-0.39, 0.29) is 16.6 Å². The van der Waals surface area contributed by atoms with Gasteiger partial charge in [0.15, 0.2) is 19.3 Å². The highest BCUT2D eigenvalue weighted by molar-refractivity contribution is 6.74. The molecule has 0 fully saturated rings. The lowest BCUT2D eigenvalue weighted by atomic mass is 10.1. The predicted molar refractivity (Wildman–Crippen MR) is 80.9 cm³/mol. The smallest absolute Gasteiger partial charge is 0.192 e. The number of aromatic nitrogens is 1. The van der Waals surface area contributed by atoms with Gasteiger partial charge < -0.3 is 9.22 Å². The van der Waals surface area contributed by atoms with Crippen LogP contribution < -0.4 is 0 Å². The molecule has 0 aromatic carbocycles. The summed E-state index contributed by atoms with van der Waals surface area (Å²) in [7, 11) is -2.06. The maximum atomic E-state index is 13.5. The molecule has 1 atom stereocenters. The Hall–Kier alpha value is -0.783. The molecule has 0 radical (unpaired) electrons. The van der Waals surface area contributed by atoms with Gasteiger partial charge in [-0.05, 0) is 24.2 Å². The van der Waals surface area contributed by atoms with Crippen LogP contribution >= 0.6 is 11.6 Å². The number of pyridine rings is 1. The summed E-state index contributed by atoms with van der Waals surface area (Å²) in [5.74, 6) is -0.598. The van der Waals surface area contributed by atoms with E-state index < -0.39 is 20.2 Å². The second-order valence-electron chi connectivity index (χ2n) is 6.31.